The number of anilines is 2. The van der Waals surface area contributed by atoms with Crippen LogP contribution in [0.25, 0.3) is 0 Å². The summed E-state index contributed by atoms with van der Waals surface area (Å²) in [7, 11) is 0. The summed E-state index contributed by atoms with van der Waals surface area (Å²) >= 11 is 0. The van der Waals surface area contributed by atoms with E-state index in [1.54, 1.807) is 0 Å². The molecular formula is C14H15N5O2. The molecule has 0 unspecified atom stereocenters. The van der Waals surface area contributed by atoms with Crippen LogP contribution in [0.4, 0.5) is 11.6 Å². The number of nitrogens with one attached hydrogen (secondary N) is 2. The molecule has 108 valence electrons. The Hall–Kier alpha value is -2.70. The van der Waals surface area contributed by atoms with Crippen LogP contribution >= 0.6 is 0 Å². The molecule has 21 heavy (non-hydrogen) atoms. The monoisotopic (exact) mass is 285 g/mol. The number of hydrogen-bond donors (Lipinski definition) is 2. The summed E-state index contributed by atoms with van der Waals surface area (Å²) in [5.41, 5.74) is 2.84. The molecule has 2 aromatic rings. The van der Waals surface area contributed by atoms with E-state index in [0.717, 1.165) is 11.1 Å². The highest BCUT2D eigenvalue weighted by molar-refractivity contribution is 6.00. The first-order chi connectivity index (χ1) is 10.0. The maximum absolute atomic E-state index is 12.4. The molecule has 1 aliphatic heterocycles. The molecule has 2 heterocycles. The van der Waals surface area contributed by atoms with Crippen LogP contribution in [0.3, 0.4) is 0 Å². The Labute approximate surface area is 121 Å². The molecule has 0 fully saturated rings. The van der Waals surface area contributed by atoms with E-state index in [-0.39, 0.29) is 18.2 Å². The molecule has 0 saturated carbocycles. The number of hydrogen-bond acceptors (Lipinski definition) is 4. The van der Waals surface area contributed by atoms with Crippen molar-refractivity contribution in [3.8, 4) is 0 Å². The van der Waals surface area contributed by atoms with E-state index in [2.05, 4.69) is 20.7 Å². The summed E-state index contributed by atoms with van der Waals surface area (Å²) in [5.74, 6) is -0.218. The average Bonchev–Trinajstić information content (AvgIpc) is 2.84. The summed E-state index contributed by atoms with van der Waals surface area (Å²) in [5, 5.41) is 9.41. The van der Waals surface area contributed by atoms with Crippen molar-refractivity contribution in [1.82, 2.24) is 14.8 Å². The fourth-order valence-corrected chi connectivity index (χ4v) is 2.48. The van der Waals surface area contributed by atoms with Gasteiger partial charge in [0.2, 0.25) is 17.8 Å². The number of carbonyl (C=O) groups is 2. The lowest BCUT2D eigenvalue weighted by molar-refractivity contribution is -0.125. The lowest BCUT2D eigenvalue weighted by Gasteiger charge is -2.22. The van der Waals surface area contributed by atoms with E-state index in [1.807, 2.05) is 32.0 Å². The lowest BCUT2D eigenvalue weighted by atomic mass is 10.1. The Bertz CT molecular complexity index is 702. The molecule has 7 nitrogen and oxygen atoms in total. The minimum atomic E-state index is -0.683. The fourth-order valence-electron chi connectivity index (χ4n) is 2.48. The summed E-state index contributed by atoms with van der Waals surface area (Å²) in [6.07, 6.45) is 1.37. The van der Waals surface area contributed by atoms with Crippen molar-refractivity contribution >= 4 is 23.5 Å². The first kappa shape index (κ1) is 13.3. The first-order valence-electron chi connectivity index (χ1n) is 6.61. The van der Waals surface area contributed by atoms with Gasteiger partial charge in [-0.25, -0.2) is 4.68 Å². The minimum Gasteiger partial charge on any atom is -0.324 e. The van der Waals surface area contributed by atoms with Crippen molar-refractivity contribution in [2.45, 2.75) is 26.3 Å². The van der Waals surface area contributed by atoms with Crippen LogP contribution in [-0.2, 0) is 9.59 Å². The van der Waals surface area contributed by atoms with Gasteiger partial charge in [0.15, 0.2) is 0 Å². The number of aromatic nitrogens is 3. The van der Waals surface area contributed by atoms with Crippen molar-refractivity contribution in [2.24, 2.45) is 0 Å². The van der Waals surface area contributed by atoms with Gasteiger partial charge < -0.3 is 5.32 Å². The summed E-state index contributed by atoms with van der Waals surface area (Å²) in [4.78, 5) is 28.0. The predicted molar refractivity (Wildman–Crippen MR) is 76.9 cm³/mol. The Morgan fingerprint density at radius 2 is 2.05 bits per heavy atom. The smallest absolute Gasteiger partial charge is 0.249 e. The molecule has 0 radical (unpaired) electrons. The van der Waals surface area contributed by atoms with E-state index in [9.17, 15) is 9.59 Å². The van der Waals surface area contributed by atoms with Crippen LogP contribution in [0.5, 0.6) is 0 Å². The van der Waals surface area contributed by atoms with Gasteiger partial charge in [-0.3, -0.25) is 14.9 Å². The van der Waals surface area contributed by atoms with Crippen LogP contribution in [0, 0.1) is 13.8 Å². The second-order valence-corrected chi connectivity index (χ2v) is 5.16. The maximum Gasteiger partial charge on any atom is 0.249 e. The predicted octanol–water partition coefficient (Wildman–Crippen LogP) is 1.42. The Morgan fingerprint density at radius 3 is 2.76 bits per heavy atom. The van der Waals surface area contributed by atoms with E-state index < -0.39 is 6.04 Å². The van der Waals surface area contributed by atoms with Gasteiger partial charge in [-0.15, -0.1) is 0 Å². The molecule has 0 bridgehead atoms. The zero-order valence-electron chi connectivity index (χ0n) is 11.8. The molecule has 2 N–H and O–H groups in total. The fraction of sp³-hybridized carbons (Fsp3) is 0.286. The summed E-state index contributed by atoms with van der Waals surface area (Å²) in [6.45, 7) is 3.93. The van der Waals surface area contributed by atoms with E-state index >= 15 is 0 Å². The highest BCUT2D eigenvalue weighted by atomic mass is 16.2. The SMILES string of the molecule is Cc1cc(C)cc(NC(=O)[C@@H]2CC(=O)Nc3ncnn32)c1. The highest BCUT2D eigenvalue weighted by Crippen LogP contribution is 2.23. The van der Waals surface area contributed by atoms with Gasteiger partial charge in [0.25, 0.3) is 0 Å². The topological polar surface area (TPSA) is 88.9 Å². The molecule has 7 heteroatoms. The Morgan fingerprint density at radius 1 is 1.33 bits per heavy atom. The number of benzene rings is 1. The number of fused-ring (bicyclic) bond motifs is 1. The van der Waals surface area contributed by atoms with Crippen LogP contribution in [-0.4, -0.2) is 26.6 Å². The molecule has 1 aromatic carbocycles. The van der Waals surface area contributed by atoms with Crippen molar-refractivity contribution in [3.05, 3.63) is 35.7 Å². The van der Waals surface area contributed by atoms with Crippen molar-refractivity contribution in [1.29, 1.82) is 0 Å². The normalized spacial score (nSPS) is 17.0. The van der Waals surface area contributed by atoms with Crippen molar-refractivity contribution in [3.63, 3.8) is 0 Å². The third-order valence-corrected chi connectivity index (χ3v) is 3.29. The van der Waals surface area contributed by atoms with Crippen LogP contribution in [0.2, 0.25) is 0 Å². The zero-order chi connectivity index (χ0) is 15.0. The third kappa shape index (κ3) is 2.62. The van der Waals surface area contributed by atoms with Crippen molar-refractivity contribution in [2.75, 3.05) is 10.6 Å². The van der Waals surface area contributed by atoms with Crippen molar-refractivity contribution < 1.29 is 9.59 Å². The second kappa shape index (κ2) is 5.01. The highest BCUT2D eigenvalue weighted by Gasteiger charge is 2.31. The van der Waals surface area contributed by atoms with Gasteiger partial charge in [0.1, 0.15) is 12.4 Å². The van der Waals surface area contributed by atoms with E-state index in [0.29, 0.717) is 11.6 Å². The zero-order valence-corrected chi connectivity index (χ0v) is 11.8. The maximum atomic E-state index is 12.4. The first-order valence-corrected chi connectivity index (χ1v) is 6.61. The molecule has 0 saturated heterocycles. The summed E-state index contributed by atoms with van der Waals surface area (Å²) in [6, 6.07) is 5.11. The number of aryl methyl sites for hydroxylation is 2. The summed E-state index contributed by atoms with van der Waals surface area (Å²) < 4.78 is 1.43. The Balaban J connectivity index is 1.85. The van der Waals surface area contributed by atoms with Gasteiger partial charge >= 0.3 is 0 Å². The molecule has 0 spiro atoms. The molecule has 1 aromatic heterocycles. The van der Waals surface area contributed by atoms with E-state index in [4.69, 9.17) is 0 Å². The lowest BCUT2D eigenvalue weighted by Crippen LogP contribution is -2.36. The van der Waals surface area contributed by atoms with Gasteiger partial charge in [0, 0.05) is 5.69 Å². The quantitative estimate of drug-likeness (QED) is 0.873. The Kier molecular flexibility index (Phi) is 3.17. The van der Waals surface area contributed by atoms with Crippen LogP contribution < -0.4 is 10.6 Å². The third-order valence-electron chi connectivity index (χ3n) is 3.29. The van der Waals surface area contributed by atoms with Crippen LogP contribution in [0.1, 0.15) is 23.6 Å². The second-order valence-electron chi connectivity index (χ2n) is 5.16. The number of amides is 2. The largest absolute Gasteiger partial charge is 0.324 e. The van der Waals surface area contributed by atoms with Gasteiger partial charge in [-0.1, -0.05) is 6.07 Å². The molecule has 3 rings (SSSR count). The average molecular weight is 285 g/mol. The molecule has 1 atom stereocenters. The van der Waals surface area contributed by atoms with Crippen LogP contribution in [0.15, 0.2) is 24.5 Å². The molecule has 0 aliphatic carbocycles. The van der Waals surface area contributed by atoms with E-state index in [1.165, 1.54) is 11.0 Å². The van der Waals surface area contributed by atoms with Gasteiger partial charge in [0.05, 0.1) is 6.42 Å². The number of carbonyl (C=O) groups excluding carboxylic acids is 2. The molecular weight excluding hydrogens is 270 g/mol. The number of rotatable bonds is 2. The standard InChI is InChI=1S/C14H15N5O2/c1-8-3-9(2)5-10(4-8)17-13(21)11-6-12(20)18-14-15-7-16-19(11)14/h3-5,7,11H,6H2,1-2H3,(H,17,21)(H,15,16,18,20)/t11-/m0/s1. The van der Waals surface area contributed by atoms with Gasteiger partial charge in [-0.05, 0) is 37.1 Å². The van der Waals surface area contributed by atoms with Gasteiger partial charge in [-0.2, -0.15) is 10.1 Å². The number of nitrogens with zero attached hydrogens (tertiary/aromatic N) is 3. The molecule has 1 aliphatic rings. The minimum absolute atomic E-state index is 0.0486. The molecule has 2 amide bonds.